The van der Waals surface area contributed by atoms with Crippen LogP contribution >= 0.6 is 0 Å². The Labute approximate surface area is 151 Å². The van der Waals surface area contributed by atoms with Gasteiger partial charge in [-0.3, -0.25) is 0 Å². The number of methoxy groups -OCH3 is 2. The summed E-state index contributed by atoms with van der Waals surface area (Å²) in [7, 11) is 2.55. The van der Waals surface area contributed by atoms with E-state index < -0.39 is 36.2 Å². The number of ether oxygens (including phenoxy) is 4. The Bertz CT molecular complexity index is 680. The first kappa shape index (κ1) is 19.7. The van der Waals surface area contributed by atoms with Crippen LogP contribution in [0, 0.1) is 0 Å². The summed E-state index contributed by atoms with van der Waals surface area (Å²) in [4.78, 5) is 35.8. The highest BCUT2D eigenvalue weighted by molar-refractivity contribution is 5.90. The van der Waals surface area contributed by atoms with E-state index in [-0.39, 0.29) is 12.8 Å². The summed E-state index contributed by atoms with van der Waals surface area (Å²) >= 11 is 0. The molecule has 0 amide bonds. The third-order valence-corrected chi connectivity index (χ3v) is 4.06. The van der Waals surface area contributed by atoms with Crippen molar-refractivity contribution in [2.24, 2.45) is 0 Å². The molecule has 26 heavy (non-hydrogen) atoms. The molecule has 0 saturated carbocycles. The molecule has 0 radical (unpaired) electrons. The van der Waals surface area contributed by atoms with Gasteiger partial charge in [0.15, 0.2) is 6.10 Å². The highest BCUT2D eigenvalue weighted by atomic mass is 16.6. The maximum absolute atomic E-state index is 12.3. The molecule has 0 spiro atoms. The van der Waals surface area contributed by atoms with Gasteiger partial charge in [0.05, 0.1) is 19.8 Å². The van der Waals surface area contributed by atoms with Crippen LogP contribution in [0.15, 0.2) is 42.0 Å². The van der Waals surface area contributed by atoms with Crippen molar-refractivity contribution in [1.82, 2.24) is 0 Å². The molecule has 1 aliphatic rings. The lowest BCUT2D eigenvalue weighted by Crippen LogP contribution is -2.41. The molecule has 7 nitrogen and oxygen atoms in total. The van der Waals surface area contributed by atoms with Crippen LogP contribution in [-0.2, 0) is 28.5 Å². The molecule has 0 unspecified atom stereocenters. The molecule has 0 aromatic heterocycles. The van der Waals surface area contributed by atoms with Gasteiger partial charge in [0.1, 0.15) is 12.2 Å². The number of hydrogen-bond donors (Lipinski definition) is 0. The minimum absolute atomic E-state index is 0.167. The Morgan fingerprint density at radius 2 is 1.69 bits per heavy atom. The van der Waals surface area contributed by atoms with Crippen molar-refractivity contribution in [1.29, 1.82) is 0 Å². The quantitative estimate of drug-likeness (QED) is 0.565. The lowest BCUT2D eigenvalue weighted by molar-refractivity contribution is -0.161. The van der Waals surface area contributed by atoms with Gasteiger partial charge in [0.2, 0.25) is 0 Å². The van der Waals surface area contributed by atoms with Gasteiger partial charge in [0.25, 0.3) is 0 Å². The molecule has 140 valence electrons. The Balaban J connectivity index is 2.14. The van der Waals surface area contributed by atoms with Gasteiger partial charge in [-0.05, 0) is 19.1 Å². The van der Waals surface area contributed by atoms with Crippen molar-refractivity contribution in [3.8, 4) is 0 Å². The lowest BCUT2D eigenvalue weighted by Gasteiger charge is -2.31. The van der Waals surface area contributed by atoms with E-state index in [2.05, 4.69) is 4.74 Å². The summed E-state index contributed by atoms with van der Waals surface area (Å²) < 4.78 is 20.7. The molecule has 1 aliphatic carbocycles. The first-order valence-electron chi connectivity index (χ1n) is 8.23. The highest BCUT2D eigenvalue weighted by Crippen LogP contribution is 2.27. The molecule has 0 saturated heterocycles. The first-order valence-corrected chi connectivity index (χ1v) is 8.23. The fourth-order valence-electron chi connectivity index (χ4n) is 2.66. The zero-order valence-electron chi connectivity index (χ0n) is 15.0. The van der Waals surface area contributed by atoms with Crippen LogP contribution in [0.5, 0.6) is 0 Å². The minimum atomic E-state index is -0.861. The lowest BCUT2D eigenvalue weighted by atomic mass is 9.93. The number of hydrogen-bond acceptors (Lipinski definition) is 7. The summed E-state index contributed by atoms with van der Waals surface area (Å²) in [5.41, 5.74) is 0.830. The summed E-state index contributed by atoms with van der Waals surface area (Å²) in [5, 5.41) is 0. The van der Waals surface area contributed by atoms with Crippen LogP contribution in [0.1, 0.15) is 30.1 Å². The average molecular weight is 362 g/mol. The third kappa shape index (κ3) is 4.92. The van der Waals surface area contributed by atoms with Crippen molar-refractivity contribution in [2.45, 2.75) is 38.1 Å². The van der Waals surface area contributed by atoms with Gasteiger partial charge in [-0.2, -0.15) is 0 Å². The fourth-order valence-corrected chi connectivity index (χ4v) is 2.66. The molecule has 0 bridgehead atoms. The normalized spacial score (nSPS) is 20.5. The van der Waals surface area contributed by atoms with Crippen LogP contribution in [-0.4, -0.2) is 50.4 Å². The Kier molecular flexibility index (Phi) is 6.91. The molecule has 1 aromatic rings. The van der Waals surface area contributed by atoms with E-state index >= 15 is 0 Å². The van der Waals surface area contributed by atoms with Crippen molar-refractivity contribution in [3.63, 3.8) is 0 Å². The zero-order chi connectivity index (χ0) is 19.1. The predicted octanol–water partition coefficient (Wildman–Crippen LogP) is 2.05. The second kappa shape index (κ2) is 9.15. The maximum Gasteiger partial charge on any atom is 0.338 e. The Morgan fingerprint density at radius 1 is 1.00 bits per heavy atom. The summed E-state index contributed by atoms with van der Waals surface area (Å²) in [6.07, 6.45) is -0.0567. The van der Waals surface area contributed by atoms with E-state index in [0.717, 1.165) is 0 Å². The van der Waals surface area contributed by atoms with Gasteiger partial charge in [-0.1, -0.05) is 24.3 Å². The molecule has 1 aromatic carbocycles. The van der Waals surface area contributed by atoms with Crippen molar-refractivity contribution in [2.75, 3.05) is 14.2 Å². The van der Waals surface area contributed by atoms with E-state index in [0.29, 0.717) is 11.1 Å². The predicted molar refractivity (Wildman–Crippen MR) is 91.3 cm³/mol. The molecule has 0 fully saturated rings. The van der Waals surface area contributed by atoms with Crippen LogP contribution < -0.4 is 0 Å². The van der Waals surface area contributed by atoms with Gasteiger partial charge in [-0.15, -0.1) is 0 Å². The van der Waals surface area contributed by atoms with Gasteiger partial charge in [-0.25, -0.2) is 14.4 Å². The second-order valence-corrected chi connectivity index (χ2v) is 5.81. The van der Waals surface area contributed by atoms with E-state index in [1.54, 1.807) is 36.4 Å². The fraction of sp³-hybridized carbons (Fsp3) is 0.421. The van der Waals surface area contributed by atoms with Crippen LogP contribution in [0.4, 0.5) is 0 Å². The topological polar surface area (TPSA) is 88.1 Å². The molecular weight excluding hydrogens is 340 g/mol. The Morgan fingerprint density at radius 3 is 2.31 bits per heavy atom. The van der Waals surface area contributed by atoms with E-state index in [1.165, 1.54) is 21.1 Å². The smallest absolute Gasteiger partial charge is 0.338 e. The maximum atomic E-state index is 12.3. The summed E-state index contributed by atoms with van der Waals surface area (Å²) in [6.45, 7) is 1.54. The van der Waals surface area contributed by atoms with Crippen LogP contribution in [0.2, 0.25) is 0 Å². The number of carbonyl (C=O) groups is 3. The van der Waals surface area contributed by atoms with E-state index in [1.807, 2.05) is 0 Å². The molecule has 7 heteroatoms. The SMILES string of the molecule is COC(=O)C1=CC[C@@H](OC(=O)c2ccccc2)[C@H](O[C@H](C)C(=O)OC)C1. The average Bonchev–Trinajstić information content (AvgIpc) is 2.68. The van der Waals surface area contributed by atoms with Gasteiger partial charge >= 0.3 is 17.9 Å². The van der Waals surface area contributed by atoms with E-state index in [4.69, 9.17) is 14.2 Å². The minimum Gasteiger partial charge on any atom is -0.467 e. The monoisotopic (exact) mass is 362 g/mol. The molecular formula is C19H22O7. The molecule has 0 aliphatic heterocycles. The molecule has 0 heterocycles. The Hall–Kier alpha value is -2.67. The highest BCUT2D eigenvalue weighted by Gasteiger charge is 2.35. The van der Waals surface area contributed by atoms with Gasteiger partial charge in [0, 0.05) is 18.4 Å². The standard InChI is InChI=1S/C19H22O7/c1-12(17(20)23-2)25-16-11-14(18(21)24-3)9-10-15(16)26-19(22)13-7-5-4-6-8-13/h4-9,12,15-16H,10-11H2,1-3H3/t12-,15-,16-/m1/s1. The molecule has 0 N–H and O–H groups in total. The summed E-state index contributed by atoms with van der Waals surface area (Å²) in [5.74, 6) is -1.52. The largest absolute Gasteiger partial charge is 0.467 e. The number of rotatable bonds is 6. The third-order valence-electron chi connectivity index (χ3n) is 4.06. The number of esters is 3. The van der Waals surface area contributed by atoms with Crippen LogP contribution in [0.3, 0.4) is 0 Å². The second-order valence-electron chi connectivity index (χ2n) is 5.81. The number of benzene rings is 1. The van der Waals surface area contributed by atoms with Crippen LogP contribution in [0.25, 0.3) is 0 Å². The van der Waals surface area contributed by atoms with E-state index in [9.17, 15) is 14.4 Å². The molecule has 3 atom stereocenters. The van der Waals surface area contributed by atoms with Gasteiger partial charge < -0.3 is 18.9 Å². The molecule has 2 rings (SSSR count). The number of carbonyl (C=O) groups excluding carboxylic acids is 3. The first-order chi connectivity index (χ1) is 12.5. The van der Waals surface area contributed by atoms with Crippen molar-refractivity contribution in [3.05, 3.63) is 47.5 Å². The zero-order valence-corrected chi connectivity index (χ0v) is 15.0. The summed E-state index contributed by atoms with van der Waals surface area (Å²) in [6, 6.07) is 8.56. The van der Waals surface area contributed by atoms with Crippen molar-refractivity contribution >= 4 is 17.9 Å². The van der Waals surface area contributed by atoms with Crippen molar-refractivity contribution < 1.29 is 33.3 Å².